The van der Waals surface area contributed by atoms with Gasteiger partial charge in [0.15, 0.2) is 0 Å². The van der Waals surface area contributed by atoms with Gasteiger partial charge in [0.25, 0.3) is 0 Å². The Bertz CT molecular complexity index is 848. The minimum atomic E-state index is 0.484. The molecule has 1 aliphatic rings. The Morgan fingerprint density at radius 1 is 1.00 bits per heavy atom. The molecule has 0 saturated carbocycles. The van der Waals surface area contributed by atoms with Crippen LogP contribution in [0.5, 0.6) is 0 Å². The Kier molecular flexibility index (Phi) is 2.53. The first kappa shape index (κ1) is 11.5. The highest BCUT2D eigenvalue weighted by atomic mass is 16.3. The topological polar surface area (TPSA) is 13.1 Å². The van der Waals surface area contributed by atoms with Crippen LogP contribution < -0.4 is 0 Å². The van der Waals surface area contributed by atoms with Gasteiger partial charge in [-0.25, -0.2) is 0 Å². The highest BCUT2D eigenvalue weighted by Gasteiger charge is 2.13. The maximum Gasteiger partial charge on any atom is 0.135 e. The van der Waals surface area contributed by atoms with E-state index in [1.54, 1.807) is 0 Å². The normalized spacial score (nSPS) is 18.6. The zero-order valence-electron chi connectivity index (χ0n) is 11.5. The van der Waals surface area contributed by atoms with Crippen molar-refractivity contribution >= 4 is 21.9 Å². The molecule has 0 saturated heterocycles. The fraction of sp³-hybridized carbons (Fsp3) is 0.158. The van der Waals surface area contributed by atoms with Crippen LogP contribution in [0.2, 0.25) is 0 Å². The lowest BCUT2D eigenvalue weighted by Crippen LogP contribution is -1.97. The molecule has 20 heavy (non-hydrogen) atoms. The van der Waals surface area contributed by atoms with Gasteiger partial charge in [0, 0.05) is 16.7 Å². The smallest absolute Gasteiger partial charge is 0.135 e. The highest BCUT2D eigenvalue weighted by Crippen LogP contribution is 2.33. The first-order chi connectivity index (χ1) is 9.81. The molecule has 1 aliphatic carbocycles. The Morgan fingerprint density at radius 3 is 2.75 bits per heavy atom. The minimum Gasteiger partial charge on any atom is -0.456 e. The summed E-state index contributed by atoms with van der Waals surface area (Å²) in [6.07, 6.45) is 7.89. The van der Waals surface area contributed by atoms with Crippen LogP contribution in [-0.4, -0.2) is 0 Å². The van der Waals surface area contributed by atoms with Crippen molar-refractivity contribution in [1.29, 1.82) is 0 Å². The van der Waals surface area contributed by atoms with Crippen LogP contribution in [0, 0.1) is 0 Å². The molecule has 2 aromatic carbocycles. The molecule has 1 heteroatoms. The van der Waals surface area contributed by atoms with E-state index in [0.29, 0.717) is 5.92 Å². The molecule has 1 unspecified atom stereocenters. The van der Waals surface area contributed by atoms with E-state index >= 15 is 0 Å². The Hall–Kier alpha value is -2.28. The number of hydrogen-bond donors (Lipinski definition) is 0. The molecule has 0 aliphatic heterocycles. The fourth-order valence-electron chi connectivity index (χ4n) is 3.05. The quantitative estimate of drug-likeness (QED) is 0.557. The zero-order valence-corrected chi connectivity index (χ0v) is 11.5. The maximum atomic E-state index is 5.89. The summed E-state index contributed by atoms with van der Waals surface area (Å²) in [4.78, 5) is 0. The van der Waals surface area contributed by atoms with Gasteiger partial charge < -0.3 is 4.42 Å². The SMILES string of the molecule is CC1=CC(c2ccc3oc4ccccc4c3c2)CC=C1. The zero-order chi connectivity index (χ0) is 13.5. The lowest BCUT2D eigenvalue weighted by atomic mass is 9.89. The van der Waals surface area contributed by atoms with Crippen molar-refractivity contribution in [1.82, 2.24) is 0 Å². The third kappa shape index (κ3) is 1.78. The van der Waals surface area contributed by atoms with Crippen molar-refractivity contribution in [2.75, 3.05) is 0 Å². The number of benzene rings is 2. The van der Waals surface area contributed by atoms with Crippen LogP contribution in [-0.2, 0) is 0 Å². The second kappa shape index (κ2) is 4.38. The largest absolute Gasteiger partial charge is 0.456 e. The van der Waals surface area contributed by atoms with E-state index < -0.39 is 0 Å². The molecule has 0 fully saturated rings. The summed E-state index contributed by atoms with van der Waals surface area (Å²) >= 11 is 0. The molecule has 0 N–H and O–H groups in total. The third-order valence-corrected chi connectivity index (χ3v) is 4.06. The van der Waals surface area contributed by atoms with Crippen molar-refractivity contribution < 1.29 is 4.42 Å². The Morgan fingerprint density at radius 2 is 1.85 bits per heavy atom. The van der Waals surface area contributed by atoms with Gasteiger partial charge in [-0.3, -0.25) is 0 Å². The van der Waals surface area contributed by atoms with Gasteiger partial charge in [-0.2, -0.15) is 0 Å². The molecular formula is C19H16O. The fourth-order valence-corrected chi connectivity index (χ4v) is 3.05. The molecule has 98 valence electrons. The summed E-state index contributed by atoms with van der Waals surface area (Å²) in [5.41, 5.74) is 4.66. The van der Waals surface area contributed by atoms with E-state index in [1.807, 2.05) is 12.1 Å². The summed E-state index contributed by atoms with van der Waals surface area (Å²) in [6, 6.07) is 14.8. The van der Waals surface area contributed by atoms with E-state index in [4.69, 9.17) is 4.42 Å². The number of furan rings is 1. The first-order valence-electron chi connectivity index (χ1n) is 7.07. The van der Waals surface area contributed by atoms with Gasteiger partial charge >= 0.3 is 0 Å². The third-order valence-electron chi connectivity index (χ3n) is 4.06. The Balaban J connectivity index is 1.90. The van der Waals surface area contributed by atoms with Crippen molar-refractivity contribution in [3.05, 3.63) is 71.8 Å². The van der Waals surface area contributed by atoms with Crippen LogP contribution in [0.3, 0.4) is 0 Å². The molecular weight excluding hydrogens is 244 g/mol. The minimum absolute atomic E-state index is 0.484. The lowest BCUT2D eigenvalue weighted by Gasteiger charge is -2.15. The summed E-state index contributed by atoms with van der Waals surface area (Å²) in [5, 5.41) is 2.43. The monoisotopic (exact) mass is 260 g/mol. The number of fused-ring (bicyclic) bond motifs is 3. The summed E-state index contributed by atoms with van der Waals surface area (Å²) in [6.45, 7) is 2.16. The molecule has 3 aromatic rings. The number of rotatable bonds is 1. The van der Waals surface area contributed by atoms with Crippen LogP contribution >= 0.6 is 0 Å². The molecule has 1 nitrogen and oxygen atoms in total. The summed E-state index contributed by atoms with van der Waals surface area (Å²) in [7, 11) is 0. The first-order valence-corrected chi connectivity index (χ1v) is 7.07. The van der Waals surface area contributed by atoms with E-state index in [9.17, 15) is 0 Å². The van der Waals surface area contributed by atoms with Gasteiger partial charge in [0.1, 0.15) is 11.2 Å². The average Bonchev–Trinajstić information content (AvgIpc) is 2.85. The van der Waals surface area contributed by atoms with E-state index in [1.165, 1.54) is 21.9 Å². The number of allylic oxidation sites excluding steroid dienone is 4. The van der Waals surface area contributed by atoms with Crippen LogP contribution in [0.1, 0.15) is 24.8 Å². The second-order valence-electron chi connectivity index (χ2n) is 5.51. The molecule has 0 bridgehead atoms. The van der Waals surface area contributed by atoms with E-state index in [2.05, 4.69) is 55.5 Å². The molecule has 1 aromatic heterocycles. The summed E-state index contributed by atoms with van der Waals surface area (Å²) in [5.74, 6) is 0.484. The molecule has 0 spiro atoms. The van der Waals surface area contributed by atoms with Crippen LogP contribution in [0.15, 0.2) is 70.7 Å². The predicted molar refractivity (Wildman–Crippen MR) is 84.0 cm³/mol. The van der Waals surface area contributed by atoms with Gasteiger partial charge in [-0.05, 0) is 37.1 Å². The maximum absolute atomic E-state index is 5.89. The van der Waals surface area contributed by atoms with Gasteiger partial charge in [0.05, 0.1) is 0 Å². The second-order valence-corrected chi connectivity index (χ2v) is 5.51. The van der Waals surface area contributed by atoms with E-state index in [0.717, 1.165) is 17.6 Å². The van der Waals surface area contributed by atoms with E-state index in [-0.39, 0.29) is 0 Å². The number of hydrogen-bond acceptors (Lipinski definition) is 1. The number of para-hydroxylation sites is 1. The molecule has 0 amide bonds. The van der Waals surface area contributed by atoms with Crippen molar-refractivity contribution in [2.24, 2.45) is 0 Å². The standard InChI is InChI=1S/C19H16O/c1-13-5-4-6-14(11-13)15-9-10-19-17(12-15)16-7-2-3-8-18(16)20-19/h2-5,7-12,14H,6H2,1H3. The summed E-state index contributed by atoms with van der Waals surface area (Å²) < 4.78 is 5.89. The predicted octanol–water partition coefficient (Wildman–Crippen LogP) is 5.58. The lowest BCUT2D eigenvalue weighted by molar-refractivity contribution is 0.668. The van der Waals surface area contributed by atoms with Crippen LogP contribution in [0.25, 0.3) is 21.9 Å². The van der Waals surface area contributed by atoms with Gasteiger partial charge in [0.2, 0.25) is 0 Å². The van der Waals surface area contributed by atoms with Gasteiger partial charge in [-0.15, -0.1) is 0 Å². The molecule has 4 rings (SSSR count). The molecule has 1 heterocycles. The van der Waals surface area contributed by atoms with Crippen molar-refractivity contribution in [3.63, 3.8) is 0 Å². The van der Waals surface area contributed by atoms with Crippen LogP contribution in [0.4, 0.5) is 0 Å². The van der Waals surface area contributed by atoms with Crippen molar-refractivity contribution in [2.45, 2.75) is 19.3 Å². The highest BCUT2D eigenvalue weighted by molar-refractivity contribution is 6.05. The molecule has 0 radical (unpaired) electrons. The Labute approximate surface area is 118 Å². The molecule has 1 atom stereocenters. The average molecular weight is 260 g/mol. The van der Waals surface area contributed by atoms with Gasteiger partial charge in [-0.1, -0.05) is 48.1 Å². The van der Waals surface area contributed by atoms with Crippen molar-refractivity contribution in [3.8, 4) is 0 Å².